The summed E-state index contributed by atoms with van der Waals surface area (Å²) in [6, 6.07) is 0. The van der Waals surface area contributed by atoms with Crippen molar-refractivity contribution in [1.29, 1.82) is 0 Å². The van der Waals surface area contributed by atoms with Crippen LogP contribution in [0.15, 0.2) is 12.2 Å². The summed E-state index contributed by atoms with van der Waals surface area (Å²) in [5.41, 5.74) is 0. The van der Waals surface area contributed by atoms with Gasteiger partial charge < -0.3 is 5.11 Å². The van der Waals surface area contributed by atoms with E-state index in [4.69, 9.17) is 5.11 Å². The first-order valence-electron chi connectivity index (χ1n) is 2.58. The van der Waals surface area contributed by atoms with Crippen molar-refractivity contribution in [1.82, 2.24) is 0 Å². The summed E-state index contributed by atoms with van der Waals surface area (Å²) in [7, 11) is 0. The number of hydrogen-bond donors (Lipinski definition) is 1. The fraction of sp³-hybridized carbons (Fsp3) is 0.500. The molecule has 1 rings (SSSR count). The van der Waals surface area contributed by atoms with Crippen LogP contribution in [0, 0.1) is 6.10 Å². The smallest absolute Gasteiger partial charge is 0.0973 e. The SMILES string of the molecule is O[C]1CC=CCC1. The number of allylic oxidation sites excluding steroid dienone is 1. The highest BCUT2D eigenvalue weighted by Gasteiger charge is 2.03. The Hall–Kier alpha value is -0.300. The van der Waals surface area contributed by atoms with Gasteiger partial charge in [0.2, 0.25) is 0 Å². The maximum Gasteiger partial charge on any atom is 0.0973 e. The lowest BCUT2D eigenvalue weighted by Crippen LogP contribution is -1.96. The summed E-state index contributed by atoms with van der Waals surface area (Å²) in [6.07, 6.45) is 7.39. The van der Waals surface area contributed by atoms with Crippen molar-refractivity contribution < 1.29 is 5.11 Å². The molecule has 0 bridgehead atoms. The molecule has 1 radical (unpaired) electrons. The maximum absolute atomic E-state index is 8.77. The number of rotatable bonds is 0. The lowest BCUT2D eigenvalue weighted by molar-refractivity contribution is 0.278. The van der Waals surface area contributed by atoms with Crippen LogP contribution >= 0.6 is 0 Å². The van der Waals surface area contributed by atoms with Crippen molar-refractivity contribution in [3.05, 3.63) is 18.3 Å². The van der Waals surface area contributed by atoms with E-state index < -0.39 is 0 Å². The summed E-state index contributed by atoms with van der Waals surface area (Å²) >= 11 is 0. The first-order valence-corrected chi connectivity index (χ1v) is 2.58. The highest BCUT2D eigenvalue weighted by Crippen LogP contribution is 2.15. The van der Waals surface area contributed by atoms with E-state index >= 15 is 0 Å². The maximum atomic E-state index is 8.77. The molecule has 0 aromatic rings. The molecule has 0 aromatic heterocycles. The molecule has 0 amide bonds. The highest BCUT2D eigenvalue weighted by molar-refractivity contribution is 4.97. The van der Waals surface area contributed by atoms with Gasteiger partial charge in [-0.3, -0.25) is 0 Å². The van der Waals surface area contributed by atoms with Gasteiger partial charge in [-0.25, -0.2) is 0 Å². The quantitative estimate of drug-likeness (QED) is 0.455. The van der Waals surface area contributed by atoms with E-state index in [2.05, 4.69) is 6.08 Å². The predicted molar refractivity (Wildman–Crippen MR) is 28.2 cm³/mol. The van der Waals surface area contributed by atoms with Gasteiger partial charge in [0.15, 0.2) is 0 Å². The zero-order valence-corrected chi connectivity index (χ0v) is 4.22. The van der Waals surface area contributed by atoms with E-state index in [-0.39, 0.29) is 0 Å². The standard InChI is InChI=1S/C6H9O/c7-6-4-2-1-3-5-6/h1-2,7H,3-5H2. The molecule has 0 spiro atoms. The van der Waals surface area contributed by atoms with Crippen LogP contribution in [0.25, 0.3) is 0 Å². The average molecular weight is 97.1 g/mol. The molecule has 1 N–H and O–H groups in total. The number of aliphatic hydroxyl groups excluding tert-OH is 1. The molecular formula is C6H9O. The van der Waals surface area contributed by atoms with Gasteiger partial charge in [-0.2, -0.15) is 0 Å². The van der Waals surface area contributed by atoms with Gasteiger partial charge in [-0.05, 0) is 19.3 Å². The Balaban J connectivity index is 2.32. The summed E-state index contributed by atoms with van der Waals surface area (Å²) in [6.45, 7) is 0. The third kappa shape index (κ3) is 1.32. The van der Waals surface area contributed by atoms with Crippen LogP contribution in [0.4, 0.5) is 0 Å². The monoisotopic (exact) mass is 97.1 g/mol. The number of hydrogen-bond acceptors (Lipinski definition) is 1. The van der Waals surface area contributed by atoms with Gasteiger partial charge >= 0.3 is 0 Å². The van der Waals surface area contributed by atoms with Gasteiger partial charge in [0.1, 0.15) is 0 Å². The molecule has 1 heteroatoms. The van der Waals surface area contributed by atoms with E-state index in [1.165, 1.54) is 0 Å². The molecule has 0 atom stereocenters. The van der Waals surface area contributed by atoms with Crippen LogP contribution in [0.5, 0.6) is 0 Å². The Bertz CT molecular complexity index is 76.2. The Kier molecular flexibility index (Phi) is 1.47. The molecular weight excluding hydrogens is 88.1 g/mol. The third-order valence-electron chi connectivity index (χ3n) is 1.12. The molecule has 0 saturated carbocycles. The zero-order chi connectivity index (χ0) is 5.11. The zero-order valence-electron chi connectivity index (χ0n) is 4.22. The Labute approximate surface area is 43.7 Å². The van der Waals surface area contributed by atoms with Crippen molar-refractivity contribution in [2.45, 2.75) is 19.3 Å². The van der Waals surface area contributed by atoms with Crippen molar-refractivity contribution in [3.8, 4) is 0 Å². The van der Waals surface area contributed by atoms with Crippen LogP contribution < -0.4 is 0 Å². The summed E-state index contributed by atoms with van der Waals surface area (Å²) in [5, 5.41) is 8.77. The minimum Gasteiger partial charge on any atom is -0.387 e. The van der Waals surface area contributed by atoms with Gasteiger partial charge in [0, 0.05) is 0 Å². The van der Waals surface area contributed by atoms with E-state index in [1.807, 2.05) is 6.08 Å². The lowest BCUT2D eigenvalue weighted by atomic mass is 10.1. The summed E-state index contributed by atoms with van der Waals surface area (Å²) < 4.78 is 0. The second-order valence-corrected chi connectivity index (χ2v) is 1.78. The van der Waals surface area contributed by atoms with Gasteiger partial charge in [0.25, 0.3) is 0 Å². The molecule has 0 aliphatic heterocycles. The molecule has 1 aliphatic rings. The molecule has 7 heavy (non-hydrogen) atoms. The van der Waals surface area contributed by atoms with Gasteiger partial charge in [-0.15, -0.1) is 0 Å². The first-order chi connectivity index (χ1) is 3.39. The van der Waals surface area contributed by atoms with Crippen LogP contribution in [-0.2, 0) is 0 Å². The largest absolute Gasteiger partial charge is 0.387 e. The first kappa shape index (κ1) is 4.85. The second-order valence-electron chi connectivity index (χ2n) is 1.78. The predicted octanol–water partition coefficient (Wildman–Crippen LogP) is 1.63. The average Bonchev–Trinajstić information content (AvgIpc) is 1.69. The summed E-state index contributed by atoms with van der Waals surface area (Å²) in [4.78, 5) is 0. The van der Waals surface area contributed by atoms with E-state index in [1.54, 1.807) is 0 Å². The molecule has 0 heterocycles. The van der Waals surface area contributed by atoms with Crippen LogP contribution in [0.2, 0.25) is 0 Å². The van der Waals surface area contributed by atoms with Crippen molar-refractivity contribution in [2.24, 2.45) is 0 Å². The molecule has 0 fully saturated rings. The normalized spacial score (nSPS) is 23.0. The van der Waals surface area contributed by atoms with E-state index in [0.29, 0.717) is 6.10 Å². The van der Waals surface area contributed by atoms with Gasteiger partial charge in [-0.1, -0.05) is 12.2 Å². The highest BCUT2D eigenvalue weighted by atomic mass is 16.3. The van der Waals surface area contributed by atoms with Crippen molar-refractivity contribution in [3.63, 3.8) is 0 Å². The van der Waals surface area contributed by atoms with E-state index in [9.17, 15) is 0 Å². The van der Waals surface area contributed by atoms with Crippen molar-refractivity contribution >= 4 is 0 Å². The Morgan fingerprint density at radius 1 is 1.43 bits per heavy atom. The lowest BCUT2D eigenvalue weighted by Gasteiger charge is -2.07. The second kappa shape index (κ2) is 2.12. The van der Waals surface area contributed by atoms with Crippen LogP contribution in [-0.4, -0.2) is 5.11 Å². The molecule has 0 unspecified atom stereocenters. The van der Waals surface area contributed by atoms with Crippen LogP contribution in [0.3, 0.4) is 0 Å². The fourth-order valence-corrected chi connectivity index (χ4v) is 0.689. The van der Waals surface area contributed by atoms with Crippen LogP contribution in [0.1, 0.15) is 19.3 Å². The third-order valence-corrected chi connectivity index (χ3v) is 1.12. The van der Waals surface area contributed by atoms with Crippen molar-refractivity contribution in [2.75, 3.05) is 0 Å². The minimum atomic E-state index is 0.627. The molecule has 39 valence electrons. The minimum absolute atomic E-state index is 0.627. The number of aliphatic hydroxyl groups is 1. The molecule has 0 aromatic carbocycles. The van der Waals surface area contributed by atoms with Gasteiger partial charge in [0.05, 0.1) is 6.10 Å². The summed E-state index contributed by atoms with van der Waals surface area (Å²) in [5.74, 6) is 0. The Morgan fingerprint density at radius 2 is 2.29 bits per heavy atom. The Morgan fingerprint density at radius 3 is 2.57 bits per heavy atom. The molecule has 1 aliphatic carbocycles. The van der Waals surface area contributed by atoms with E-state index in [0.717, 1.165) is 19.3 Å². The fourth-order valence-electron chi connectivity index (χ4n) is 0.689. The molecule has 1 nitrogen and oxygen atoms in total. The topological polar surface area (TPSA) is 20.2 Å². The molecule has 0 saturated heterocycles.